The third kappa shape index (κ3) is 13.4. The molecule has 0 aliphatic carbocycles. The minimum absolute atomic E-state index is 0.113. The first-order chi connectivity index (χ1) is 17.6. The Balaban J connectivity index is 1.63. The smallest absolute Gasteiger partial charge is 0.159 e. The average molecular weight is 499 g/mol. The van der Waals surface area contributed by atoms with E-state index in [0.29, 0.717) is 18.1 Å². The average Bonchev–Trinajstić information content (AvgIpc) is 2.89. The SMILES string of the molecule is CCCCCCCCCCCCc1cnc(-c2ccc(OCC(F)CC(C)CCCCC)cc2)nc1. The highest BCUT2D eigenvalue weighted by Crippen LogP contribution is 2.22. The number of ether oxygens (including phenoxy) is 1. The van der Waals surface area contributed by atoms with Crippen LogP contribution in [-0.4, -0.2) is 22.7 Å². The second kappa shape index (κ2) is 19.2. The molecule has 0 saturated carbocycles. The number of nitrogens with zero attached hydrogens (tertiary/aromatic N) is 2. The van der Waals surface area contributed by atoms with Gasteiger partial charge in [0.05, 0.1) is 0 Å². The summed E-state index contributed by atoms with van der Waals surface area (Å²) < 4.78 is 20.0. The molecule has 2 atom stereocenters. The second-order valence-corrected chi connectivity index (χ2v) is 10.6. The molecule has 2 aromatic rings. The van der Waals surface area contributed by atoms with Crippen molar-refractivity contribution in [2.24, 2.45) is 5.92 Å². The number of unbranched alkanes of at least 4 members (excludes halogenated alkanes) is 11. The first kappa shape index (κ1) is 30.3. The van der Waals surface area contributed by atoms with E-state index in [1.807, 2.05) is 36.7 Å². The summed E-state index contributed by atoms with van der Waals surface area (Å²) in [5, 5.41) is 0. The molecule has 0 radical (unpaired) electrons. The number of rotatable bonds is 21. The van der Waals surface area contributed by atoms with Crippen LogP contribution < -0.4 is 4.74 Å². The minimum atomic E-state index is -0.923. The van der Waals surface area contributed by atoms with Gasteiger partial charge in [-0.25, -0.2) is 14.4 Å². The number of halogens is 1. The Labute approximate surface area is 220 Å². The van der Waals surface area contributed by atoms with Crippen LogP contribution in [0.4, 0.5) is 4.39 Å². The summed E-state index contributed by atoms with van der Waals surface area (Å²) in [6.45, 7) is 6.72. The highest BCUT2D eigenvalue weighted by Gasteiger charge is 2.13. The predicted molar refractivity (Wildman–Crippen MR) is 151 cm³/mol. The molecule has 0 fully saturated rings. The molecular formula is C32H51FN2O. The lowest BCUT2D eigenvalue weighted by Gasteiger charge is -2.15. The lowest BCUT2D eigenvalue weighted by atomic mass is 9.98. The molecule has 36 heavy (non-hydrogen) atoms. The number of benzene rings is 1. The normalized spacial score (nSPS) is 13.0. The van der Waals surface area contributed by atoms with Crippen LogP contribution in [0.15, 0.2) is 36.7 Å². The van der Waals surface area contributed by atoms with Gasteiger partial charge in [0.1, 0.15) is 18.5 Å². The molecule has 2 unspecified atom stereocenters. The molecule has 0 N–H and O–H groups in total. The molecule has 0 saturated heterocycles. The Hall–Kier alpha value is -1.97. The number of hydrogen-bond acceptors (Lipinski definition) is 3. The molecule has 0 amide bonds. The summed E-state index contributed by atoms with van der Waals surface area (Å²) in [5.74, 6) is 1.82. The van der Waals surface area contributed by atoms with Crippen LogP contribution in [0.25, 0.3) is 11.4 Å². The molecule has 2 rings (SSSR count). The summed E-state index contributed by atoms with van der Waals surface area (Å²) in [4.78, 5) is 9.14. The second-order valence-electron chi connectivity index (χ2n) is 10.6. The van der Waals surface area contributed by atoms with Crippen molar-refractivity contribution >= 4 is 0 Å². The van der Waals surface area contributed by atoms with E-state index in [1.165, 1.54) is 89.0 Å². The number of aromatic nitrogens is 2. The van der Waals surface area contributed by atoms with Crippen LogP contribution in [0.3, 0.4) is 0 Å². The first-order valence-corrected chi connectivity index (χ1v) is 14.8. The minimum Gasteiger partial charge on any atom is -0.491 e. The van der Waals surface area contributed by atoms with Gasteiger partial charge < -0.3 is 4.74 Å². The van der Waals surface area contributed by atoms with Crippen molar-refractivity contribution in [3.05, 3.63) is 42.2 Å². The molecule has 3 nitrogen and oxygen atoms in total. The van der Waals surface area contributed by atoms with Gasteiger partial charge in [0.2, 0.25) is 0 Å². The standard InChI is InChI=1S/C32H51FN2O/c1-4-6-8-9-10-11-12-13-14-16-18-28-24-34-32(35-25-28)29-19-21-31(22-20-29)36-26-30(33)23-27(3)17-15-7-5-2/h19-22,24-25,27,30H,4-18,23,26H2,1-3H3. The van der Waals surface area contributed by atoms with Crippen LogP contribution in [0, 0.1) is 5.92 Å². The fraction of sp³-hybridized carbons (Fsp3) is 0.688. The molecular weight excluding hydrogens is 447 g/mol. The highest BCUT2D eigenvalue weighted by molar-refractivity contribution is 5.55. The van der Waals surface area contributed by atoms with Gasteiger partial charge in [-0.3, -0.25) is 0 Å². The summed E-state index contributed by atoms with van der Waals surface area (Å²) in [5.41, 5.74) is 2.16. The van der Waals surface area contributed by atoms with E-state index < -0.39 is 6.17 Å². The van der Waals surface area contributed by atoms with Gasteiger partial charge in [0.15, 0.2) is 5.82 Å². The third-order valence-electron chi connectivity index (χ3n) is 7.03. The fourth-order valence-electron chi connectivity index (χ4n) is 4.70. The topological polar surface area (TPSA) is 35.0 Å². The van der Waals surface area contributed by atoms with E-state index in [1.54, 1.807) is 0 Å². The zero-order valence-corrected chi connectivity index (χ0v) is 23.3. The van der Waals surface area contributed by atoms with Gasteiger partial charge in [-0.2, -0.15) is 0 Å². The number of aryl methyl sites for hydroxylation is 1. The Morgan fingerprint density at radius 3 is 1.92 bits per heavy atom. The van der Waals surface area contributed by atoms with Crippen LogP contribution in [-0.2, 0) is 6.42 Å². The predicted octanol–water partition coefficient (Wildman–Crippen LogP) is 9.93. The molecule has 4 heteroatoms. The largest absolute Gasteiger partial charge is 0.491 e. The fourth-order valence-corrected chi connectivity index (χ4v) is 4.70. The maximum absolute atomic E-state index is 14.3. The van der Waals surface area contributed by atoms with E-state index in [9.17, 15) is 4.39 Å². The van der Waals surface area contributed by atoms with Crippen molar-refractivity contribution in [2.45, 2.75) is 130 Å². The number of hydrogen-bond donors (Lipinski definition) is 0. The van der Waals surface area contributed by atoms with Crippen LogP contribution in [0.1, 0.15) is 123 Å². The zero-order chi connectivity index (χ0) is 25.8. The van der Waals surface area contributed by atoms with Gasteiger partial charge in [0.25, 0.3) is 0 Å². The Morgan fingerprint density at radius 1 is 0.750 bits per heavy atom. The molecule has 0 aliphatic rings. The Morgan fingerprint density at radius 2 is 1.31 bits per heavy atom. The Bertz CT molecular complexity index is 778. The molecule has 0 spiro atoms. The van der Waals surface area contributed by atoms with Gasteiger partial charge in [-0.15, -0.1) is 0 Å². The Kier molecular flexibility index (Phi) is 16.1. The molecule has 202 valence electrons. The van der Waals surface area contributed by atoms with Gasteiger partial charge in [-0.1, -0.05) is 104 Å². The van der Waals surface area contributed by atoms with E-state index in [4.69, 9.17) is 4.74 Å². The lowest BCUT2D eigenvalue weighted by molar-refractivity contribution is 0.168. The summed E-state index contributed by atoms with van der Waals surface area (Å²) in [6, 6.07) is 7.67. The van der Waals surface area contributed by atoms with Crippen LogP contribution in [0.5, 0.6) is 5.75 Å². The number of alkyl halides is 1. The van der Waals surface area contributed by atoms with E-state index >= 15 is 0 Å². The first-order valence-electron chi connectivity index (χ1n) is 14.8. The van der Waals surface area contributed by atoms with Crippen molar-refractivity contribution < 1.29 is 9.13 Å². The van der Waals surface area contributed by atoms with Crippen molar-refractivity contribution in [3.63, 3.8) is 0 Å². The molecule has 0 bridgehead atoms. The zero-order valence-electron chi connectivity index (χ0n) is 23.3. The summed E-state index contributed by atoms with van der Waals surface area (Å²) in [6.07, 6.45) is 22.8. The monoisotopic (exact) mass is 498 g/mol. The van der Waals surface area contributed by atoms with Gasteiger partial charge in [0, 0.05) is 18.0 Å². The van der Waals surface area contributed by atoms with E-state index in [2.05, 4.69) is 30.7 Å². The van der Waals surface area contributed by atoms with Crippen LogP contribution >= 0.6 is 0 Å². The highest BCUT2D eigenvalue weighted by atomic mass is 19.1. The molecule has 1 aromatic heterocycles. The quantitative estimate of drug-likeness (QED) is 0.161. The molecule has 0 aliphatic heterocycles. The maximum Gasteiger partial charge on any atom is 0.159 e. The van der Waals surface area contributed by atoms with Gasteiger partial charge in [-0.05, 0) is 55.0 Å². The maximum atomic E-state index is 14.3. The molecule has 1 aromatic carbocycles. The van der Waals surface area contributed by atoms with Crippen molar-refractivity contribution in [2.75, 3.05) is 6.61 Å². The van der Waals surface area contributed by atoms with Crippen molar-refractivity contribution in [1.29, 1.82) is 0 Å². The molecule has 1 heterocycles. The van der Waals surface area contributed by atoms with E-state index in [0.717, 1.165) is 24.2 Å². The van der Waals surface area contributed by atoms with Crippen molar-refractivity contribution in [1.82, 2.24) is 9.97 Å². The third-order valence-corrected chi connectivity index (χ3v) is 7.03. The van der Waals surface area contributed by atoms with E-state index in [-0.39, 0.29) is 6.61 Å². The summed E-state index contributed by atoms with van der Waals surface area (Å²) >= 11 is 0. The lowest BCUT2D eigenvalue weighted by Crippen LogP contribution is -2.16. The summed E-state index contributed by atoms with van der Waals surface area (Å²) in [7, 11) is 0. The van der Waals surface area contributed by atoms with Gasteiger partial charge >= 0.3 is 0 Å². The van der Waals surface area contributed by atoms with Crippen LogP contribution in [0.2, 0.25) is 0 Å². The van der Waals surface area contributed by atoms with Crippen molar-refractivity contribution in [3.8, 4) is 17.1 Å².